The minimum atomic E-state index is -1.12. The quantitative estimate of drug-likeness (QED) is 0.601. The number of rotatable bonds is 7. The standard InChI is InChI=1S/C13H19ClN2O2S/c1-2-3-4-7-19(18)9-13(17)16-12-8-10(14)5-6-11(12)15/h5-6,8H,2-4,7,9,15H2,1H3,(H,16,17). The number of benzene rings is 1. The largest absolute Gasteiger partial charge is 0.397 e. The maximum absolute atomic E-state index is 11.7. The second-order valence-corrected chi connectivity index (χ2v) is 6.29. The van der Waals surface area contributed by atoms with Crippen LogP contribution in [0.3, 0.4) is 0 Å². The van der Waals surface area contributed by atoms with Gasteiger partial charge in [0.05, 0.1) is 11.4 Å². The summed E-state index contributed by atoms with van der Waals surface area (Å²) in [6, 6.07) is 4.85. The molecule has 0 aliphatic carbocycles. The van der Waals surface area contributed by atoms with E-state index < -0.39 is 10.8 Å². The van der Waals surface area contributed by atoms with Crippen LogP contribution in [-0.4, -0.2) is 21.6 Å². The predicted molar refractivity (Wildman–Crippen MR) is 81.9 cm³/mol. The predicted octanol–water partition coefficient (Wildman–Crippen LogP) is 2.80. The molecule has 1 aromatic rings. The molecular weight excluding hydrogens is 284 g/mol. The summed E-state index contributed by atoms with van der Waals surface area (Å²) in [4.78, 5) is 11.7. The second-order valence-electron chi connectivity index (χ2n) is 4.28. The summed E-state index contributed by atoms with van der Waals surface area (Å²) in [5, 5.41) is 3.12. The van der Waals surface area contributed by atoms with E-state index in [2.05, 4.69) is 12.2 Å². The first-order valence-electron chi connectivity index (χ1n) is 6.22. The Kier molecular flexibility index (Phi) is 6.87. The summed E-state index contributed by atoms with van der Waals surface area (Å²) in [6.45, 7) is 2.08. The molecule has 0 saturated carbocycles. The Bertz CT molecular complexity index is 466. The zero-order chi connectivity index (χ0) is 14.3. The first-order valence-corrected chi connectivity index (χ1v) is 8.09. The van der Waals surface area contributed by atoms with Crippen molar-refractivity contribution in [3.05, 3.63) is 23.2 Å². The van der Waals surface area contributed by atoms with Crippen LogP contribution in [0.2, 0.25) is 5.02 Å². The van der Waals surface area contributed by atoms with Gasteiger partial charge in [-0.15, -0.1) is 0 Å². The zero-order valence-electron chi connectivity index (χ0n) is 10.9. The zero-order valence-corrected chi connectivity index (χ0v) is 12.5. The van der Waals surface area contributed by atoms with Crippen LogP contribution < -0.4 is 11.1 Å². The molecule has 0 heterocycles. The van der Waals surface area contributed by atoms with E-state index in [4.69, 9.17) is 17.3 Å². The van der Waals surface area contributed by atoms with E-state index in [1.807, 2.05) is 0 Å². The minimum absolute atomic E-state index is 0.00430. The third-order valence-electron chi connectivity index (χ3n) is 2.56. The molecule has 0 bridgehead atoms. The molecule has 0 fully saturated rings. The fraction of sp³-hybridized carbons (Fsp3) is 0.462. The summed E-state index contributed by atoms with van der Waals surface area (Å²) in [5.74, 6) is 0.255. The van der Waals surface area contributed by atoms with Crippen LogP contribution in [0.1, 0.15) is 26.2 Å². The molecule has 1 unspecified atom stereocenters. The number of carbonyl (C=O) groups excluding carboxylic acids is 1. The molecule has 1 atom stereocenters. The normalized spacial score (nSPS) is 12.1. The lowest BCUT2D eigenvalue weighted by Crippen LogP contribution is -2.21. The van der Waals surface area contributed by atoms with Gasteiger partial charge in [0.2, 0.25) is 5.91 Å². The van der Waals surface area contributed by atoms with E-state index in [0.717, 1.165) is 19.3 Å². The fourth-order valence-corrected chi connectivity index (χ4v) is 2.76. The summed E-state index contributed by atoms with van der Waals surface area (Å²) in [6.07, 6.45) is 2.99. The number of nitrogen functional groups attached to an aromatic ring is 1. The second kappa shape index (κ2) is 8.17. The third-order valence-corrected chi connectivity index (χ3v) is 4.12. The Morgan fingerprint density at radius 3 is 2.84 bits per heavy atom. The molecule has 0 aromatic heterocycles. The molecule has 0 saturated heterocycles. The van der Waals surface area contributed by atoms with Crippen molar-refractivity contribution in [2.75, 3.05) is 22.6 Å². The van der Waals surface area contributed by atoms with E-state index in [-0.39, 0.29) is 11.7 Å². The van der Waals surface area contributed by atoms with Gasteiger partial charge in [-0.05, 0) is 24.6 Å². The van der Waals surface area contributed by atoms with Crippen LogP contribution in [0, 0.1) is 0 Å². The van der Waals surface area contributed by atoms with Gasteiger partial charge >= 0.3 is 0 Å². The summed E-state index contributed by atoms with van der Waals surface area (Å²) >= 11 is 5.82. The maximum Gasteiger partial charge on any atom is 0.237 e. The lowest BCUT2D eigenvalue weighted by Gasteiger charge is -2.08. The molecule has 0 aliphatic heterocycles. The number of halogens is 1. The van der Waals surface area contributed by atoms with Gasteiger partial charge in [-0.3, -0.25) is 9.00 Å². The topological polar surface area (TPSA) is 72.2 Å². The summed E-state index contributed by atoms with van der Waals surface area (Å²) in [5.41, 5.74) is 6.62. The van der Waals surface area contributed by atoms with Crippen LogP contribution in [0.25, 0.3) is 0 Å². The van der Waals surface area contributed by atoms with Crippen LogP contribution in [-0.2, 0) is 15.6 Å². The number of nitrogens with one attached hydrogen (secondary N) is 1. The molecule has 19 heavy (non-hydrogen) atoms. The van der Waals surface area contributed by atoms with Gasteiger partial charge in [-0.2, -0.15) is 0 Å². The van der Waals surface area contributed by atoms with Gasteiger partial charge < -0.3 is 11.1 Å². The maximum atomic E-state index is 11.7. The van der Waals surface area contributed by atoms with Crippen molar-refractivity contribution in [1.82, 2.24) is 0 Å². The van der Waals surface area contributed by atoms with Crippen LogP contribution in [0.15, 0.2) is 18.2 Å². The molecule has 0 aliphatic rings. The smallest absolute Gasteiger partial charge is 0.237 e. The van der Waals surface area contributed by atoms with E-state index in [0.29, 0.717) is 22.2 Å². The number of unbranched alkanes of at least 4 members (excludes halogenated alkanes) is 2. The Labute approximate surface area is 121 Å². The highest BCUT2D eigenvalue weighted by Gasteiger charge is 2.10. The number of hydrogen-bond acceptors (Lipinski definition) is 3. The molecule has 3 N–H and O–H groups in total. The number of nitrogens with two attached hydrogens (primary N) is 1. The third kappa shape index (κ3) is 6.07. The average molecular weight is 303 g/mol. The molecule has 1 rings (SSSR count). The van der Waals surface area contributed by atoms with E-state index in [9.17, 15) is 9.00 Å². The highest BCUT2D eigenvalue weighted by atomic mass is 35.5. The lowest BCUT2D eigenvalue weighted by molar-refractivity contribution is -0.113. The minimum Gasteiger partial charge on any atom is -0.397 e. The van der Waals surface area contributed by atoms with E-state index in [1.54, 1.807) is 18.2 Å². The van der Waals surface area contributed by atoms with Crippen molar-refractivity contribution in [2.24, 2.45) is 0 Å². The van der Waals surface area contributed by atoms with Gasteiger partial charge in [0.15, 0.2) is 0 Å². The first-order chi connectivity index (χ1) is 9.02. The Morgan fingerprint density at radius 2 is 2.16 bits per heavy atom. The SMILES string of the molecule is CCCCCS(=O)CC(=O)Nc1cc(Cl)ccc1N. The van der Waals surface area contributed by atoms with Crippen LogP contribution in [0.4, 0.5) is 11.4 Å². The molecule has 0 radical (unpaired) electrons. The molecule has 4 nitrogen and oxygen atoms in total. The first kappa shape index (κ1) is 16.0. The number of carbonyl (C=O) groups is 1. The van der Waals surface area contributed by atoms with Crippen molar-refractivity contribution < 1.29 is 9.00 Å². The molecule has 0 spiro atoms. The highest BCUT2D eigenvalue weighted by Crippen LogP contribution is 2.22. The van der Waals surface area contributed by atoms with E-state index >= 15 is 0 Å². The summed E-state index contributed by atoms with van der Waals surface area (Å²) in [7, 11) is -1.12. The van der Waals surface area contributed by atoms with Gasteiger partial charge in [0.1, 0.15) is 5.75 Å². The molecule has 1 aromatic carbocycles. The van der Waals surface area contributed by atoms with Gasteiger partial charge in [0.25, 0.3) is 0 Å². The fourth-order valence-electron chi connectivity index (χ4n) is 1.55. The van der Waals surface area contributed by atoms with Crippen molar-refractivity contribution in [3.8, 4) is 0 Å². The highest BCUT2D eigenvalue weighted by molar-refractivity contribution is 7.85. The summed E-state index contributed by atoms with van der Waals surface area (Å²) < 4.78 is 11.7. The Morgan fingerprint density at radius 1 is 1.42 bits per heavy atom. The molecular formula is C13H19ClN2O2S. The Hall–Kier alpha value is -1.07. The number of anilines is 2. The van der Waals surface area contributed by atoms with Gasteiger partial charge in [-0.1, -0.05) is 31.4 Å². The molecule has 1 amide bonds. The van der Waals surface area contributed by atoms with E-state index in [1.165, 1.54) is 0 Å². The molecule has 6 heteroatoms. The van der Waals surface area contributed by atoms with Gasteiger partial charge in [-0.25, -0.2) is 0 Å². The van der Waals surface area contributed by atoms with Gasteiger partial charge in [0, 0.05) is 21.6 Å². The van der Waals surface area contributed by atoms with Crippen LogP contribution >= 0.6 is 11.6 Å². The average Bonchev–Trinajstić information content (AvgIpc) is 2.34. The van der Waals surface area contributed by atoms with Crippen molar-refractivity contribution in [2.45, 2.75) is 26.2 Å². The lowest BCUT2D eigenvalue weighted by atomic mass is 10.2. The Balaban J connectivity index is 2.46. The van der Waals surface area contributed by atoms with Crippen molar-refractivity contribution in [3.63, 3.8) is 0 Å². The van der Waals surface area contributed by atoms with Crippen LogP contribution in [0.5, 0.6) is 0 Å². The van der Waals surface area contributed by atoms with Crippen molar-refractivity contribution in [1.29, 1.82) is 0 Å². The molecule has 106 valence electrons. The number of amides is 1. The number of hydrogen-bond donors (Lipinski definition) is 2. The monoisotopic (exact) mass is 302 g/mol. The van der Waals surface area contributed by atoms with Crippen molar-refractivity contribution >= 4 is 39.7 Å².